The van der Waals surface area contributed by atoms with Crippen LogP contribution in [0.4, 0.5) is 0 Å². The monoisotopic (exact) mass is 342 g/mol. The van der Waals surface area contributed by atoms with Crippen molar-refractivity contribution in [3.05, 3.63) is 64.7 Å². The first kappa shape index (κ1) is 18.2. The average molecular weight is 342 g/mol. The van der Waals surface area contributed by atoms with Crippen LogP contribution in [-0.4, -0.2) is 29.4 Å². The van der Waals surface area contributed by atoms with Crippen molar-refractivity contribution >= 4 is 17.7 Å². The third kappa shape index (κ3) is 4.67. The lowest BCUT2D eigenvalue weighted by molar-refractivity contribution is 0.0525. The van der Waals surface area contributed by atoms with Crippen molar-refractivity contribution in [2.24, 2.45) is 0 Å². The van der Waals surface area contributed by atoms with Crippen molar-refractivity contribution in [3.63, 3.8) is 0 Å². The molecule has 6 nitrogen and oxygen atoms in total. The van der Waals surface area contributed by atoms with E-state index >= 15 is 0 Å². The molecular weight excluding hydrogens is 324 g/mol. The lowest BCUT2D eigenvalue weighted by Gasteiger charge is -2.10. The van der Waals surface area contributed by atoms with Gasteiger partial charge in [-0.05, 0) is 49.7 Å². The number of hydrogen-bond acceptors (Lipinski definition) is 5. The Morgan fingerprint density at radius 2 is 1.80 bits per heavy atom. The van der Waals surface area contributed by atoms with Gasteiger partial charge in [-0.3, -0.25) is 4.79 Å². The summed E-state index contributed by atoms with van der Waals surface area (Å²) in [5, 5.41) is 9.21. The first-order chi connectivity index (χ1) is 11.9. The molecule has 0 aliphatic carbocycles. The van der Waals surface area contributed by atoms with Gasteiger partial charge >= 0.3 is 11.9 Å². The minimum Gasteiger partial charge on any atom is -0.489 e. The molecule has 1 N–H and O–H groups in total. The molecule has 25 heavy (non-hydrogen) atoms. The third-order valence-electron chi connectivity index (χ3n) is 3.44. The van der Waals surface area contributed by atoms with Crippen molar-refractivity contribution in [1.29, 1.82) is 0 Å². The Morgan fingerprint density at radius 3 is 2.44 bits per heavy atom. The highest BCUT2D eigenvalue weighted by Crippen LogP contribution is 2.20. The summed E-state index contributed by atoms with van der Waals surface area (Å²) in [4.78, 5) is 34.5. The molecule has 0 fully saturated rings. The first-order valence-electron chi connectivity index (χ1n) is 7.69. The van der Waals surface area contributed by atoms with Crippen molar-refractivity contribution in [1.82, 2.24) is 0 Å². The van der Waals surface area contributed by atoms with E-state index in [0.29, 0.717) is 17.9 Å². The minimum atomic E-state index is -1.19. The zero-order valence-corrected chi connectivity index (χ0v) is 13.9. The number of carbonyl (C=O) groups is 3. The molecule has 0 aliphatic rings. The van der Waals surface area contributed by atoms with Crippen LogP contribution in [0.3, 0.4) is 0 Å². The number of carboxylic acid groups (broad SMARTS) is 1. The number of aromatic carboxylic acids is 1. The van der Waals surface area contributed by atoms with Gasteiger partial charge in [0.1, 0.15) is 12.4 Å². The van der Waals surface area contributed by atoms with Crippen molar-refractivity contribution < 1.29 is 29.0 Å². The molecule has 0 heterocycles. The van der Waals surface area contributed by atoms with Gasteiger partial charge < -0.3 is 14.6 Å². The molecule has 6 heteroatoms. The number of hydrogen-bond donors (Lipinski definition) is 1. The summed E-state index contributed by atoms with van der Waals surface area (Å²) in [6.45, 7) is 3.48. The van der Waals surface area contributed by atoms with Crippen LogP contribution < -0.4 is 4.74 Å². The highest BCUT2D eigenvalue weighted by atomic mass is 16.5. The van der Waals surface area contributed by atoms with Gasteiger partial charge in [0.05, 0.1) is 17.7 Å². The highest BCUT2D eigenvalue weighted by molar-refractivity contribution is 6.05. The van der Waals surface area contributed by atoms with E-state index in [9.17, 15) is 19.5 Å². The number of carbonyl (C=O) groups excluding carboxylic acids is 2. The smallest absolute Gasteiger partial charge is 0.338 e. The number of Topliss-reactive ketones (excluding diaryl/α,β-unsaturated/α-hetero) is 1. The van der Waals surface area contributed by atoms with Crippen molar-refractivity contribution in [2.75, 3.05) is 6.61 Å². The molecule has 130 valence electrons. The molecular formula is C19H18O6. The third-order valence-corrected chi connectivity index (χ3v) is 3.44. The predicted molar refractivity (Wildman–Crippen MR) is 90.1 cm³/mol. The van der Waals surface area contributed by atoms with E-state index in [-0.39, 0.29) is 23.5 Å². The van der Waals surface area contributed by atoms with Crippen LogP contribution in [0.15, 0.2) is 42.5 Å². The normalized spacial score (nSPS) is 10.2. The summed E-state index contributed by atoms with van der Waals surface area (Å²) in [6.07, 6.45) is 0. The molecule has 0 amide bonds. The fourth-order valence-electron chi connectivity index (χ4n) is 2.27. The lowest BCUT2D eigenvalue weighted by atomic mass is 10.0. The van der Waals surface area contributed by atoms with E-state index in [0.717, 1.165) is 5.56 Å². The molecule has 0 radical (unpaired) electrons. The van der Waals surface area contributed by atoms with E-state index in [1.807, 2.05) is 0 Å². The minimum absolute atomic E-state index is 0.106. The van der Waals surface area contributed by atoms with Crippen LogP contribution in [-0.2, 0) is 11.3 Å². The molecule has 0 bridgehead atoms. The molecule has 2 rings (SSSR count). The molecule has 2 aromatic carbocycles. The zero-order valence-electron chi connectivity index (χ0n) is 13.9. The Kier molecular flexibility index (Phi) is 5.89. The largest absolute Gasteiger partial charge is 0.489 e. The van der Waals surface area contributed by atoms with E-state index in [1.54, 1.807) is 37.3 Å². The molecule has 0 aliphatic heterocycles. The Labute approximate surface area is 145 Å². The molecule has 0 aromatic heterocycles. The summed E-state index contributed by atoms with van der Waals surface area (Å²) < 4.78 is 10.5. The summed E-state index contributed by atoms with van der Waals surface area (Å²) in [6, 6.07) is 11.1. The second-order valence-corrected chi connectivity index (χ2v) is 5.28. The molecule has 0 saturated heterocycles. The SMILES string of the molecule is CCOC(=O)c1cccc(COc2ccc(C(C)=O)c(C(=O)O)c2)c1. The maximum atomic E-state index is 11.7. The number of ketones is 1. The van der Waals surface area contributed by atoms with Gasteiger partial charge in [-0.25, -0.2) is 9.59 Å². The summed E-state index contributed by atoms with van der Waals surface area (Å²) >= 11 is 0. The van der Waals surface area contributed by atoms with Gasteiger partial charge in [0.25, 0.3) is 0 Å². The summed E-state index contributed by atoms with van der Waals surface area (Å²) in [5.74, 6) is -1.61. The van der Waals surface area contributed by atoms with Crippen molar-refractivity contribution in [3.8, 4) is 5.75 Å². The zero-order chi connectivity index (χ0) is 18.4. The van der Waals surface area contributed by atoms with Gasteiger partial charge in [0.15, 0.2) is 5.78 Å². The number of rotatable bonds is 7. The van der Waals surface area contributed by atoms with E-state index in [2.05, 4.69) is 0 Å². The Hall–Kier alpha value is -3.15. The Bertz CT molecular complexity index is 809. The van der Waals surface area contributed by atoms with E-state index in [1.165, 1.54) is 19.1 Å². The molecule has 0 unspecified atom stereocenters. The van der Waals surface area contributed by atoms with Crippen LogP contribution in [0.1, 0.15) is 50.5 Å². The molecule has 0 saturated carbocycles. The van der Waals surface area contributed by atoms with Crippen LogP contribution in [0.2, 0.25) is 0 Å². The van der Waals surface area contributed by atoms with Gasteiger partial charge in [-0.15, -0.1) is 0 Å². The van der Waals surface area contributed by atoms with E-state index < -0.39 is 11.9 Å². The second-order valence-electron chi connectivity index (χ2n) is 5.28. The van der Waals surface area contributed by atoms with Gasteiger partial charge in [0.2, 0.25) is 0 Å². The van der Waals surface area contributed by atoms with Crippen molar-refractivity contribution in [2.45, 2.75) is 20.5 Å². The van der Waals surface area contributed by atoms with E-state index in [4.69, 9.17) is 9.47 Å². The standard InChI is InChI=1S/C19H18O6/c1-3-24-19(23)14-6-4-5-13(9-14)11-25-15-7-8-16(12(2)20)17(10-15)18(21)22/h4-10H,3,11H2,1-2H3,(H,21,22). The predicted octanol–water partition coefficient (Wildman–Crippen LogP) is 3.34. The van der Waals surface area contributed by atoms with Gasteiger partial charge in [-0.2, -0.15) is 0 Å². The fraction of sp³-hybridized carbons (Fsp3) is 0.211. The topological polar surface area (TPSA) is 89.9 Å². The molecule has 0 spiro atoms. The van der Waals surface area contributed by atoms with Crippen LogP contribution >= 0.6 is 0 Å². The highest BCUT2D eigenvalue weighted by Gasteiger charge is 2.15. The second kappa shape index (κ2) is 8.10. The van der Waals surface area contributed by atoms with Crippen LogP contribution in [0.25, 0.3) is 0 Å². The van der Waals surface area contributed by atoms with Gasteiger partial charge in [0, 0.05) is 5.56 Å². The number of carboxylic acids is 1. The maximum absolute atomic E-state index is 11.7. The van der Waals surface area contributed by atoms with Crippen LogP contribution in [0.5, 0.6) is 5.75 Å². The van der Waals surface area contributed by atoms with Gasteiger partial charge in [-0.1, -0.05) is 12.1 Å². The Balaban J connectivity index is 2.15. The quantitative estimate of drug-likeness (QED) is 0.613. The average Bonchev–Trinajstić information content (AvgIpc) is 2.60. The fourth-order valence-corrected chi connectivity index (χ4v) is 2.27. The maximum Gasteiger partial charge on any atom is 0.338 e. The number of benzene rings is 2. The lowest BCUT2D eigenvalue weighted by Crippen LogP contribution is -2.07. The number of esters is 1. The summed E-state index contributed by atoms with van der Waals surface area (Å²) in [7, 11) is 0. The summed E-state index contributed by atoms with van der Waals surface area (Å²) in [5.41, 5.74) is 1.17. The molecule has 0 atom stereocenters. The first-order valence-corrected chi connectivity index (χ1v) is 7.69. The Morgan fingerprint density at radius 1 is 1.04 bits per heavy atom. The van der Waals surface area contributed by atoms with Crippen LogP contribution in [0, 0.1) is 0 Å². The number of ether oxygens (including phenoxy) is 2. The molecule has 2 aromatic rings.